The van der Waals surface area contributed by atoms with E-state index in [1.165, 1.54) is 6.42 Å². The van der Waals surface area contributed by atoms with Gasteiger partial charge in [0.15, 0.2) is 5.13 Å². The van der Waals surface area contributed by atoms with Gasteiger partial charge in [0.2, 0.25) is 5.91 Å². The van der Waals surface area contributed by atoms with Gasteiger partial charge in [-0.05, 0) is 24.8 Å². The number of carbonyl (C=O) groups is 1. The molecule has 1 saturated carbocycles. The smallest absolute Gasteiger partial charge is 0.223 e. The lowest BCUT2D eigenvalue weighted by Crippen LogP contribution is -2.51. The van der Waals surface area contributed by atoms with Crippen molar-refractivity contribution in [2.75, 3.05) is 37.6 Å². The van der Waals surface area contributed by atoms with Crippen molar-refractivity contribution in [3.05, 3.63) is 11.6 Å². The molecule has 0 radical (unpaired) electrons. The molecule has 2 fully saturated rings. The number of carbonyl (C=O) groups excluding carboxylic acids is 1. The van der Waals surface area contributed by atoms with E-state index in [9.17, 15) is 4.79 Å². The predicted molar refractivity (Wildman–Crippen MR) is 80.9 cm³/mol. The molecule has 110 valence electrons. The van der Waals surface area contributed by atoms with E-state index in [0.29, 0.717) is 13.0 Å². The van der Waals surface area contributed by atoms with Crippen LogP contribution in [0.25, 0.3) is 0 Å². The monoisotopic (exact) mass is 294 g/mol. The predicted octanol–water partition coefficient (Wildman–Crippen LogP) is 1.31. The number of anilines is 1. The third kappa shape index (κ3) is 2.67. The number of hydrogen-bond donors (Lipinski definition) is 1. The lowest BCUT2D eigenvalue weighted by molar-refractivity contribution is -0.135. The highest BCUT2D eigenvalue weighted by Crippen LogP contribution is 2.43. The third-order valence-corrected chi connectivity index (χ3v) is 5.53. The van der Waals surface area contributed by atoms with Crippen molar-refractivity contribution >= 4 is 22.4 Å². The third-order valence-electron chi connectivity index (χ3n) is 4.70. The molecule has 6 heteroatoms. The summed E-state index contributed by atoms with van der Waals surface area (Å²) in [4.78, 5) is 21.0. The summed E-state index contributed by atoms with van der Waals surface area (Å²) in [7, 11) is 0. The van der Waals surface area contributed by atoms with E-state index in [0.717, 1.165) is 44.2 Å². The molecule has 2 heterocycles. The van der Waals surface area contributed by atoms with E-state index in [2.05, 4.69) is 9.88 Å². The minimum atomic E-state index is 0.115. The van der Waals surface area contributed by atoms with Crippen LogP contribution in [-0.4, -0.2) is 48.5 Å². The lowest BCUT2D eigenvalue weighted by Gasteiger charge is -2.42. The lowest BCUT2D eigenvalue weighted by atomic mass is 9.66. The maximum absolute atomic E-state index is 12.4. The summed E-state index contributed by atoms with van der Waals surface area (Å²) in [6.45, 7) is 4.03. The zero-order valence-corrected chi connectivity index (χ0v) is 12.6. The number of nitrogens with two attached hydrogens (primary N) is 1. The van der Waals surface area contributed by atoms with Crippen molar-refractivity contribution in [1.29, 1.82) is 0 Å². The van der Waals surface area contributed by atoms with Crippen LogP contribution in [0.3, 0.4) is 0 Å². The maximum atomic E-state index is 12.4. The van der Waals surface area contributed by atoms with Gasteiger partial charge in [0.25, 0.3) is 0 Å². The van der Waals surface area contributed by atoms with Crippen LogP contribution >= 0.6 is 11.3 Å². The molecular weight excluding hydrogens is 272 g/mol. The van der Waals surface area contributed by atoms with Gasteiger partial charge in [-0.1, -0.05) is 6.42 Å². The van der Waals surface area contributed by atoms with Crippen LogP contribution in [0.1, 0.15) is 25.7 Å². The van der Waals surface area contributed by atoms with Gasteiger partial charge in [-0.15, -0.1) is 11.3 Å². The molecule has 1 aliphatic heterocycles. The molecule has 0 spiro atoms. The minimum Gasteiger partial charge on any atom is -0.345 e. The van der Waals surface area contributed by atoms with E-state index in [1.54, 1.807) is 11.3 Å². The fraction of sp³-hybridized carbons (Fsp3) is 0.714. The molecule has 2 N–H and O–H groups in total. The van der Waals surface area contributed by atoms with E-state index in [4.69, 9.17) is 5.73 Å². The number of thiazole rings is 1. The van der Waals surface area contributed by atoms with Crippen LogP contribution < -0.4 is 10.6 Å². The Morgan fingerprint density at radius 2 is 2.10 bits per heavy atom. The topological polar surface area (TPSA) is 62.5 Å². The Hall–Kier alpha value is -1.14. The largest absolute Gasteiger partial charge is 0.345 e. The first-order valence-corrected chi connectivity index (χ1v) is 8.23. The average molecular weight is 294 g/mol. The Kier molecular flexibility index (Phi) is 3.94. The summed E-state index contributed by atoms with van der Waals surface area (Å²) in [5, 5.41) is 3.06. The summed E-state index contributed by atoms with van der Waals surface area (Å²) >= 11 is 1.66. The second kappa shape index (κ2) is 5.69. The first kappa shape index (κ1) is 13.8. The Morgan fingerprint density at radius 1 is 1.35 bits per heavy atom. The van der Waals surface area contributed by atoms with Crippen LogP contribution in [-0.2, 0) is 4.79 Å². The quantitative estimate of drug-likeness (QED) is 0.909. The highest BCUT2D eigenvalue weighted by molar-refractivity contribution is 7.13. The summed E-state index contributed by atoms with van der Waals surface area (Å²) in [6, 6.07) is 0. The highest BCUT2D eigenvalue weighted by atomic mass is 32.1. The molecule has 1 aliphatic carbocycles. The van der Waals surface area contributed by atoms with Crippen molar-refractivity contribution < 1.29 is 4.79 Å². The molecule has 0 bridgehead atoms. The summed E-state index contributed by atoms with van der Waals surface area (Å²) in [6.07, 6.45) is 5.94. The van der Waals surface area contributed by atoms with E-state index < -0.39 is 0 Å². The first-order valence-electron chi connectivity index (χ1n) is 7.35. The standard InChI is InChI=1S/C14H22N4OS/c15-11-14(2-1-3-14)10-12(19)17-5-7-18(8-6-17)13-16-4-9-20-13/h4,9H,1-3,5-8,10-11,15H2. The average Bonchev–Trinajstić information content (AvgIpc) is 2.97. The van der Waals surface area contributed by atoms with Gasteiger partial charge in [-0.2, -0.15) is 0 Å². The molecular formula is C14H22N4OS. The molecule has 1 aromatic heterocycles. The van der Waals surface area contributed by atoms with Crippen molar-refractivity contribution in [3.63, 3.8) is 0 Å². The molecule has 1 amide bonds. The van der Waals surface area contributed by atoms with Gasteiger partial charge < -0.3 is 15.5 Å². The van der Waals surface area contributed by atoms with Crippen molar-refractivity contribution in [1.82, 2.24) is 9.88 Å². The van der Waals surface area contributed by atoms with Crippen LogP contribution in [0.5, 0.6) is 0 Å². The van der Waals surface area contributed by atoms with Gasteiger partial charge in [0, 0.05) is 44.2 Å². The molecule has 0 atom stereocenters. The molecule has 1 saturated heterocycles. The molecule has 20 heavy (non-hydrogen) atoms. The summed E-state index contributed by atoms with van der Waals surface area (Å²) in [5.74, 6) is 0.286. The molecule has 5 nitrogen and oxygen atoms in total. The second-order valence-corrected chi connectivity index (χ2v) is 6.79. The van der Waals surface area contributed by atoms with Crippen LogP contribution in [0.15, 0.2) is 11.6 Å². The van der Waals surface area contributed by atoms with Gasteiger partial charge in [0.05, 0.1) is 0 Å². The zero-order valence-electron chi connectivity index (χ0n) is 11.8. The van der Waals surface area contributed by atoms with E-state index in [-0.39, 0.29) is 11.3 Å². The number of amides is 1. The van der Waals surface area contributed by atoms with Crippen molar-refractivity contribution in [2.24, 2.45) is 11.1 Å². The van der Waals surface area contributed by atoms with Gasteiger partial charge in [-0.25, -0.2) is 4.98 Å². The molecule has 2 aliphatic rings. The van der Waals surface area contributed by atoms with Crippen LogP contribution in [0, 0.1) is 5.41 Å². The Bertz CT molecular complexity index is 444. The molecule has 1 aromatic rings. The Labute approximate surface area is 123 Å². The number of hydrogen-bond acceptors (Lipinski definition) is 5. The molecule has 3 rings (SSSR count). The Morgan fingerprint density at radius 3 is 2.60 bits per heavy atom. The number of aromatic nitrogens is 1. The van der Waals surface area contributed by atoms with Crippen molar-refractivity contribution in [2.45, 2.75) is 25.7 Å². The summed E-state index contributed by atoms with van der Waals surface area (Å²) in [5.41, 5.74) is 5.96. The van der Waals surface area contributed by atoms with Crippen LogP contribution in [0.4, 0.5) is 5.13 Å². The maximum Gasteiger partial charge on any atom is 0.223 e. The molecule has 0 unspecified atom stereocenters. The number of piperazine rings is 1. The fourth-order valence-electron chi connectivity index (χ4n) is 3.08. The zero-order chi connectivity index (χ0) is 14.0. The fourth-order valence-corrected chi connectivity index (χ4v) is 3.78. The SMILES string of the molecule is NCC1(CC(=O)N2CCN(c3nccs3)CC2)CCC1. The Balaban J connectivity index is 1.51. The summed E-state index contributed by atoms with van der Waals surface area (Å²) < 4.78 is 0. The van der Waals surface area contributed by atoms with Gasteiger partial charge >= 0.3 is 0 Å². The first-order chi connectivity index (χ1) is 9.72. The van der Waals surface area contributed by atoms with Gasteiger partial charge in [-0.3, -0.25) is 4.79 Å². The minimum absolute atomic E-state index is 0.115. The normalized spacial score (nSPS) is 21.6. The van der Waals surface area contributed by atoms with E-state index >= 15 is 0 Å². The second-order valence-electron chi connectivity index (χ2n) is 5.92. The number of nitrogens with zero attached hydrogens (tertiary/aromatic N) is 3. The molecule has 0 aromatic carbocycles. The van der Waals surface area contributed by atoms with Crippen molar-refractivity contribution in [3.8, 4) is 0 Å². The van der Waals surface area contributed by atoms with Crippen LogP contribution in [0.2, 0.25) is 0 Å². The number of rotatable bonds is 4. The van der Waals surface area contributed by atoms with E-state index in [1.807, 2.05) is 16.5 Å². The highest BCUT2D eigenvalue weighted by Gasteiger charge is 2.39. The van der Waals surface area contributed by atoms with Gasteiger partial charge in [0.1, 0.15) is 0 Å².